The Hall–Kier alpha value is -2.50. The van der Waals surface area contributed by atoms with Crippen LogP contribution in [0.5, 0.6) is 0 Å². The Bertz CT molecular complexity index is 825. The van der Waals surface area contributed by atoms with Crippen LogP contribution in [-0.2, 0) is 17.6 Å². The largest absolute Gasteiger partial charge is 0.350 e. The van der Waals surface area contributed by atoms with Gasteiger partial charge in [0.1, 0.15) is 11.5 Å². The van der Waals surface area contributed by atoms with Gasteiger partial charge < -0.3 is 10.2 Å². The van der Waals surface area contributed by atoms with Gasteiger partial charge in [0.15, 0.2) is 5.82 Å². The lowest BCUT2D eigenvalue weighted by Gasteiger charge is -2.25. The van der Waals surface area contributed by atoms with Crippen molar-refractivity contribution < 1.29 is 4.79 Å². The van der Waals surface area contributed by atoms with E-state index in [4.69, 9.17) is 9.97 Å². The summed E-state index contributed by atoms with van der Waals surface area (Å²) < 4.78 is 0. The summed E-state index contributed by atoms with van der Waals surface area (Å²) in [7, 11) is 1.91. The number of nitrogens with one attached hydrogen (secondary N) is 1. The molecule has 0 bridgehead atoms. The van der Waals surface area contributed by atoms with Gasteiger partial charge in [-0.1, -0.05) is 6.07 Å². The summed E-state index contributed by atoms with van der Waals surface area (Å²) in [5.74, 6) is 1.47. The first-order valence-corrected chi connectivity index (χ1v) is 9.08. The normalized spacial score (nSPS) is 13.4. The molecule has 3 rings (SSSR count). The summed E-state index contributed by atoms with van der Waals surface area (Å²) in [6, 6.07) is 3.93. The highest BCUT2D eigenvalue weighted by Gasteiger charge is 2.24. The monoisotopic (exact) mass is 353 g/mol. The van der Waals surface area contributed by atoms with Crippen LogP contribution < -0.4 is 10.2 Å². The van der Waals surface area contributed by atoms with Gasteiger partial charge in [-0.3, -0.25) is 9.78 Å². The number of rotatable bonds is 4. The van der Waals surface area contributed by atoms with Crippen LogP contribution in [0.2, 0.25) is 0 Å². The molecule has 0 atom stereocenters. The van der Waals surface area contributed by atoms with Crippen LogP contribution in [0.1, 0.15) is 44.0 Å². The number of hydrogen-bond donors (Lipinski definition) is 1. The molecule has 138 valence electrons. The first-order chi connectivity index (χ1) is 12.2. The van der Waals surface area contributed by atoms with E-state index in [-0.39, 0.29) is 18.0 Å². The predicted molar refractivity (Wildman–Crippen MR) is 103 cm³/mol. The second kappa shape index (κ2) is 7.02. The molecule has 1 N–H and O–H groups in total. The number of fused-ring (bicyclic) bond motifs is 1. The van der Waals surface area contributed by atoms with Gasteiger partial charge in [0.25, 0.3) is 0 Å². The SMILES string of the molecule is Cc1cccnc1-c1nc2c(c(N(C)CC(=O)NC(C)(C)C)n1)CCC2. The fraction of sp³-hybridized carbons (Fsp3) is 0.500. The van der Waals surface area contributed by atoms with Gasteiger partial charge in [-0.05, 0) is 58.6 Å². The topological polar surface area (TPSA) is 71.0 Å². The minimum atomic E-state index is -0.248. The molecular formula is C20H27N5O. The quantitative estimate of drug-likeness (QED) is 0.915. The maximum atomic E-state index is 12.3. The third-order valence-electron chi connectivity index (χ3n) is 4.39. The Labute approximate surface area is 155 Å². The molecule has 0 fully saturated rings. The molecule has 0 saturated carbocycles. The average Bonchev–Trinajstić information content (AvgIpc) is 3.00. The number of nitrogens with zero attached hydrogens (tertiary/aromatic N) is 4. The summed E-state index contributed by atoms with van der Waals surface area (Å²) >= 11 is 0. The van der Waals surface area contributed by atoms with Crippen LogP contribution in [0.25, 0.3) is 11.5 Å². The summed E-state index contributed by atoms with van der Waals surface area (Å²) in [4.78, 5) is 28.3. The highest BCUT2D eigenvalue weighted by atomic mass is 16.2. The van der Waals surface area contributed by atoms with Crippen molar-refractivity contribution in [2.75, 3.05) is 18.5 Å². The lowest BCUT2D eigenvalue weighted by molar-refractivity contribution is -0.121. The molecule has 26 heavy (non-hydrogen) atoms. The summed E-state index contributed by atoms with van der Waals surface area (Å²) in [6.45, 7) is 8.22. The molecule has 2 aromatic heterocycles. The highest BCUT2D eigenvalue weighted by molar-refractivity contribution is 5.82. The molecule has 6 heteroatoms. The lowest BCUT2D eigenvalue weighted by atomic mass is 10.1. The van der Waals surface area contributed by atoms with Crippen molar-refractivity contribution in [2.45, 2.75) is 52.5 Å². The molecule has 0 unspecified atom stereocenters. The number of hydrogen-bond acceptors (Lipinski definition) is 5. The maximum absolute atomic E-state index is 12.3. The van der Waals surface area contributed by atoms with Gasteiger partial charge >= 0.3 is 0 Å². The van der Waals surface area contributed by atoms with Gasteiger partial charge in [-0.25, -0.2) is 9.97 Å². The molecular weight excluding hydrogens is 326 g/mol. The first kappa shape index (κ1) is 18.3. The minimum absolute atomic E-state index is 0.0130. The lowest BCUT2D eigenvalue weighted by Crippen LogP contribution is -2.45. The predicted octanol–water partition coefficient (Wildman–Crippen LogP) is 2.69. The Balaban J connectivity index is 1.94. The van der Waals surface area contributed by atoms with Gasteiger partial charge in [0.2, 0.25) is 5.91 Å². The Morgan fingerprint density at radius 2 is 2.04 bits per heavy atom. The molecule has 0 aromatic carbocycles. The molecule has 0 radical (unpaired) electrons. The second-order valence-electron chi connectivity index (χ2n) is 7.97. The summed E-state index contributed by atoms with van der Waals surface area (Å²) in [6.07, 6.45) is 4.74. The molecule has 0 saturated heterocycles. The number of carbonyl (C=O) groups excluding carboxylic acids is 1. The number of pyridine rings is 1. The molecule has 6 nitrogen and oxygen atoms in total. The van der Waals surface area contributed by atoms with E-state index < -0.39 is 0 Å². The van der Waals surface area contributed by atoms with Crippen molar-refractivity contribution in [1.82, 2.24) is 20.3 Å². The van der Waals surface area contributed by atoms with Crippen molar-refractivity contribution in [3.8, 4) is 11.5 Å². The van der Waals surface area contributed by atoms with Crippen molar-refractivity contribution in [3.63, 3.8) is 0 Å². The van der Waals surface area contributed by atoms with Crippen LogP contribution in [0.3, 0.4) is 0 Å². The molecule has 1 amide bonds. The summed E-state index contributed by atoms with van der Waals surface area (Å²) in [5.41, 5.74) is 3.84. The smallest absolute Gasteiger partial charge is 0.239 e. The van der Waals surface area contributed by atoms with Crippen molar-refractivity contribution in [2.24, 2.45) is 0 Å². The zero-order valence-corrected chi connectivity index (χ0v) is 16.3. The standard InChI is InChI=1S/C20H27N5O/c1-13-8-7-11-21-17(13)18-22-15-10-6-9-14(15)19(23-18)25(5)12-16(26)24-20(2,3)4/h7-8,11H,6,9-10,12H2,1-5H3,(H,24,26). The van der Waals surface area contributed by atoms with Crippen LogP contribution in [0.4, 0.5) is 5.82 Å². The van der Waals surface area contributed by atoms with E-state index in [0.29, 0.717) is 5.82 Å². The zero-order chi connectivity index (χ0) is 18.9. The first-order valence-electron chi connectivity index (χ1n) is 9.08. The van der Waals surface area contributed by atoms with E-state index in [9.17, 15) is 4.79 Å². The van der Waals surface area contributed by atoms with Gasteiger partial charge in [0, 0.05) is 30.0 Å². The fourth-order valence-corrected chi connectivity index (χ4v) is 3.30. The number of anilines is 1. The van der Waals surface area contributed by atoms with E-state index in [1.807, 2.05) is 51.8 Å². The summed E-state index contributed by atoms with van der Waals surface area (Å²) in [5, 5.41) is 3.01. The van der Waals surface area contributed by atoms with Crippen LogP contribution in [0, 0.1) is 6.92 Å². The third kappa shape index (κ3) is 4.00. The number of likely N-dealkylation sites (N-methyl/N-ethyl adjacent to an activating group) is 1. The Morgan fingerprint density at radius 3 is 2.73 bits per heavy atom. The zero-order valence-electron chi connectivity index (χ0n) is 16.3. The van der Waals surface area contributed by atoms with E-state index >= 15 is 0 Å². The van der Waals surface area contributed by atoms with Crippen LogP contribution in [-0.4, -0.2) is 40.0 Å². The average molecular weight is 353 g/mol. The van der Waals surface area contributed by atoms with E-state index in [2.05, 4.69) is 10.3 Å². The van der Waals surface area contributed by atoms with Crippen LogP contribution >= 0.6 is 0 Å². The third-order valence-corrected chi connectivity index (χ3v) is 4.39. The van der Waals surface area contributed by atoms with Gasteiger partial charge in [0.05, 0.1) is 6.54 Å². The van der Waals surface area contributed by atoms with Gasteiger partial charge in [-0.15, -0.1) is 0 Å². The van der Waals surface area contributed by atoms with E-state index in [1.54, 1.807) is 6.20 Å². The number of aromatic nitrogens is 3. The highest BCUT2D eigenvalue weighted by Crippen LogP contribution is 2.31. The fourth-order valence-electron chi connectivity index (χ4n) is 3.30. The second-order valence-corrected chi connectivity index (χ2v) is 7.97. The molecule has 0 aliphatic heterocycles. The number of aryl methyl sites for hydroxylation is 2. The molecule has 0 spiro atoms. The Kier molecular flexibility index (Phi) is 4.94. The number of amides is 1. The minimum Gasteiger partial charge on any atom is -0.350 e. The van der Waals surface area contributed by atoms with Crippen LogP contribution in [0.15, 0.2) is 18.3 Å². The van der Waals surface area contributed by atoms with Crippen molar-refractivity contribution in [1.29, 1.82) is 0 Å². The Morgan fingerprint density at radius 1 is 1.27 bits per heavy atom. The molecule has 1 aliphatic rings. The van der Waals surface area contributed by atoms with Gasteiger partial charge in [-0.2, -0.15) is 0 Å². The number of carbonyl (C=O) groups is 1. The van der Waals surface area contributed by atoms with E-state index in [1.165, 1.54) is 0 Å². The molecule has 2 heterocycles. The maximum Gasteiger partial charge on any atom is 0.239 e. The van der Waals surface area contributed by atoms with Crippen molar-refractivity contribution in [3.05, 3.63) is 35.2 Å². The van der Waals surface area contributed by atoms with Crippen molar-refractivity contribution >= 4 is 11.7 Å². The molecule has 2 aromatic rings. The molecule has 1 aliphatic carbocycles. The van der Waals surface area contributed by atoms with E-state index in [0.717, 1.165) is 47.6 Å².